The molecule has 0 fully saturated rings. The number of hydrogen-bond acceptors (Lipinski definition) is 3. The third-order valence-electron chi connectivity index (χ3n) is 2.43. The molecule has 4 N–H and O–H groups in total. The summed E-state index contributed by atoms with van der Waals surface area (Å²) >= 11 is 0. The number of benzene rings is 1. The van der Waals surface area contributed by atoms with E-state index in [2.05, 4.69) is 5.32 Å². The minimum atomic E-state index is -0.140. The quantitative estimate of drug-likeness (QED) is 0.664. The van der Waals surface area contributed by atoms with Crippen LogP contribution in [-0.4, -0.2) is 17.6 Å². The van der Waals surface area contributed by atoms with Crippen molar-refractivity contribution in [3.05, 3.63) is 24.3 Å². The molecule has 0 heterocycles. The lowest BCUT2D eigenvalue weighted by atomic mass is 10.0. The van der Waals surface area contributed by atoms with Gasteiger partial charge in [0.25, 0.3) is 0 Å². The third-order valence-corrected chi connectivity index (χ3v) is 2.43. The first-order valence-corrected chi connectivity index (χ1v) is 5.47. The van der Waals surface area contributed by atoms with Crippen LogP contribution in [0.3, 0.4) is 0 Å². The van der Waals surface area contributed by atoms with E-state index in [9.17, 15) is 4.79 Å². The first-order valence-electron chi connectivity index (χ1n) is 5.47. The number of nitrogens with one attached hydrogen (secondary N) is 1. The molecule has 1 unspecified atom stereocenters. The summed E-state index contributed by atoms with van der Waals surface area (Å²) in [4.78, 5) is 11.8. The van der Waals surface area contributed by atoms with E-state index in [0.29, 0.717) is 12.2 Å². The number of anilines is 1. The molecule has 1 aromatic rings. The molecule has 0 aromatic heterocycles. The Bertz CT molecular complexity index is 335. The topological polar surface area (TPSA) is 75.4 Å². The van der Waals surface area contributed by atoms with E-state index in [4.69, 9.17) is 10.8 Å². The second-order valence-electron chi connectivity index (χ2n) is 3.76. The monoisotopic (exact) mass is 222 g/mol. The van der Waals surface area contributed by atoms with Crippen LogP contribution in [0.2, 0.25) is 0 Å². The van der Waals surface area contributed by atoms with E-state index < -0.39 is 0 Å². The average Bonchev–Trinajstić information content (AvgIpc) is 2.29. The lowest BCUT2D eigenvalue weighted by molar-refractivity contribution is -0.119. The van der Waals surface area contributed by atoms with Crippen LogP contribution >= 0.6 is 0 Å². The molecule has 0 bridgehead atoms. The van der Waals surface area contributed by atoms with Crippen LogP contribution in [-0.2, 0) is 4.79 Å². The Morgan fingerprint density at radius 3 is 2.56 bits per heavy atom. The Kier molecular flexibility index (Phi) is 4.79. The van der Waals surface area contributed by atoms with Gasteiger partial charge in [0, 0.05) is 12.2 Å². The Morgan fingerprint density at radius 1 is 1.44 bits per heavy atom. The summed E-state index contributed by atoms with van der Waals surface area (Å²) in [6, 6.07) is 6.39. The van der Waals surface area contributed by atoms with Crippen LogP contribution in [0.15, 0.2) is 24.3 Å². The standard InChI is InChI=1S/C12H18N2O2/c1-2-3-9(8-13)12(16)14-10-4-6-11(15)7-5-10/h4-7,9,15H,2-3,8,13H2,1H3,(H,14,16). The Labute approximate surface area is 95.5 Å². The maximum atomic E-state index is 11.8. The molecule has 1 atom stereocenters. The Balaban J connectivity index is 2.59. The Hall–Kier alpha value is -1.55. The predicted octanol–water partition coefficient (Wildman–Crippen LogP) is 1.71. The van der Waals surface area contributed by atoms with Gasteiger partial charge in [0.2, 0.25) is 5.91 Å². The van der Waals surface area contributed by atoms with Gasteiger partial charge in [-0.3, -0.25) is 4.79 Å². The van der Waals surface area contributed by atoms with Gasteiger partial charge < -0.3 is 16.2 Å². The smallest absolute Gasteiger partial charge is 0.228 e. The van der Waals surface area contributed by atoms with Crippen LogP contribution in [0.25, 0.3) is 0 Å². The molecule has 0 spiro atoms. The van der Waals surface area contributed by atoms with Gasteiger partial charge >= 0.3 is 0 Å². The minimum absolute atomic E-state index is 0.0601. The van der Waals surface area contributed by atoms with Gasteiger partial charge in [-0.05, 0) is 30.7 Å². The van der Waals surface area contributed by atoms with Crippen LogP contribution in [0.1, 0.15) is 19.8 Å². The fraction of sp³-hybridized carbons (Fsp3) is 0.417. The van der Waals surface area contributed by atoms with Gasteiger partial charge in [0.05, 0.1) is 5.92 Å². The highest BCUT2D eigenvalue weighted by molar-refractivity contribution is 5.92. The van der Waals surface area contributed by atoms with Crippen molar-refractivity contribution in [1.82, 2.24) is 0 Å². The number of rotatable bonds is 5. The molecule has 0 aliphatic heterocycles. The number of phenols is 1. The number of carbonyl (C=O) groups excluding carboxylic acids is 1. The van der Waals surface area contributed by atoms with E-state index in [1.165, 1.54) is 12.1 Å². The number of carbonyl (C=O) groups is 1. The van der Waals surface area contributed by atoms with Crippen molar-refractivity contribution in [2.24, 2.45) is 11.7 Å². The van der Waals surface area contributed by atoms with Gasteiger partial charge in [0.15, 0.2) is 0 Å². The molecule has 1 aromatic carbocycles. The van der Waals surface area contributed by atoms with Crippen LogP contribution in [0.4, 0.5) is 5.69 Å². The Morgan fingerprint density at radius 2 is 2.06 bits per heavy atom. The molecule has 4 heteroatoms. The maximum Gasteiger partial charge on any atom is 0.228 e. The second kappa shape index (κ2) is 6.12. The van der Waals surface area contributed by atoms with Crippen LogP contribution < -0.4 is 11.1 Å². The SMILES string of the molecule is CCCC(CN)C(=O)Nc1ccc(O)cc1. The fourth-order valence-electron chi connectivity index (χ4n) is 1.49. The highest BCUT2D eigenvalue weighted by atomic mass is 16.3. The van der Waals surface area contributed by atoms with Crippen LogP contribution in [0, 0.1) is 5.92 Å². The maximum absolute atomic E-state index is 11.8. The first kappa shape index (κ1) is 12.5. The number of aromatic hydroxyl groups is 1. The highest BCUT2D eigenvalue weighted by Gasteiger charge is 2.15. The molecule has 4 nitrogen and oxygen atoms in total. The lowest BCUT2D eigenvalue weighted by Gasteiger charge is -2.13. The number of phenolic OH excluding ortho intramolecular Hbond substituents is 1. The fourth-order valence-corrected chi connectivity index (χ4v) is 1.49. The van der Waals surface area contributed by atoms with Crippen molar-refractivity contribution in [2.45, 2.75) is 19.8 Å². The molecule has 88 valence electrons. The molecule has 0 aliphatic carbocycles. The summed E-state index contributed by atoms with van der Waals surface area (Å²) in [6.07, 6.45) is 1.73. The normalized spacial score (nSPS) is 12.1. The third kappa shape index (κ3) is 3.55. The number of hydrogen-bond donors (Lipinski definition) is 3. The van der Waals surface area contributed by atoms with E-state index >= 15 is 0 Å². The van der Waals surface area contributed by atoms with Crippen LogP contribution in [0.5, 0.6) is 5.75 Å². The summed E-state index contributed by atoms with van der Waals surface area (Å²) in [5.41, 5.74) is 6.21. The zero-order valence-corrected chi connectivity index (χ0v) is 9.44. The molecule has 0 saturated heterocycles. The summed E-state index contributed by atoms with van der Waals surface area (Å²) in [5, 5.41) is 11.9. The van der Waals surface area contributed by atoms with E-state index in [1.54, 1.807) is 12.1 Å². The molecule has 0 radical (unpaired) electrons. The summed E-state index contributed by atoms with van der Waals surface area (Å²) < 4.78 is 0. The van der Waals surface area contributed by atoms with Gasteiger partial charge in [-0.1, -0.05) is 13.3 Å². The van der Waals surface area contributed by atoms with Crippen molar-refractivity contribution in [1.29, 1.82) is 0 Å². The lowest BCUT2D eigenvalue weighted by Crippen LogP contribution is -2.29. The summed E-state index contributed by atoms with van der Waals surface area (Å²) in [7, 11) is 0. The van der Waals surface area contributed by atoms with Crippen molar-refractivity contribution in [3.63, 3.8) is 0 Å². The second-order valence-corrected chi connectivity index (χ2v) is 3.76. The van der Waals surface area contributed by atoms with Crippen molar-refractivity contribution < 1.29 is 9.90 Å². The van der Waals surface area contributed by atoms with E-state index in [-0.39, 0.29) is 17.6 Å². The molecule has 1 amide bonds. The molecular weight excluding hydrogens is 204 g/mol. The highest BCUT2D eigenvalue weighted by Crippen LogP contribution is 2.15. The number of nitrogens with two attached hydrogens (primary N) is 1. The molecular formula is C12H18N2O2. The van der Waals surface area contributed by atoms with Crippen molar-refractivity contribution >= 4 is 11.6 Å². The zero-order chi connectivity index (χ0) is 12.0. The minimum Gasteiger partial charge on any atom is -0.508 e. The molecule has 16 heavy (non-hydrogen) atoms. The largest absolute Gasteiger partial charge is 0.508 e. The molecule has 0 saturated carbocycles. The zero-order valence-electron chi connectivity index (χ0n) is 9.44. The van der Waals surface area contributed by atoms with Gasteiger partial charge in [-0.15, -0.1) is 0 Å². The average molecular weight is 222 g/mol. The molecule has 0 aliphatic rings. The van der Waals surface area contributed by atoms with Gasteiger partial charge in [-0.25, -0.2) is 0 Å². The van der Waals surface area contributed by atoms with Crippen molar-refractivity contribution in [2.75, 3.05) is 11.9 Å². The summed E-state index contributed by atoms with van der Waals surface area (Å²) in [5.74, 6) is -0.0178. The van der Waals surface area contributed by atoms with E-state index in [1.807, 2.05) is 6.92 Å². The first-order chi connectivity index (χ1) is 7.67. The molecule has 1 rings (SSSR count). The van der Waals surface area contributed by atoms with Gasteiger partial charge in [-0.2, -0.15) is 0 Å². The van der Waals surface area contributed by atoms with Gasteiger partial charge in [0.1, 0.15) is 5.75 Å². The summed E-state index contributed by atoms with van der Waals surface area (Å²) in [6.45, 7) is 2.38. The van der Waals surface area contributed by atoms with E-state index in [0.717, 1.165) is 12.8 Å². The predicted molar refractivity (Wildman–Crippen MR) is 64.2 cm³/mol. The number of amides is 1. The van der Waals surface area contributed by atoms with Crippen molar-refractivity contribution in [3.8, 4) is 5.75 Å².